The third kappa shape index (κ3) is 7.67. The third-order valence-electron chi connectivity index (χ3n) is 6.01. The molecule has 190 valence electrons. The van der Waals surface area contributed by atoms with Crippen molar-refractivity contribution in [1.82, 2.24) is 0 Å². The van der Waals surface area contributed by atoms with E-state index < -0.39 is 5.97 Å². The van der Waals surface area contributed by atoms with Gasteiger partial charge in [-0.2, -0.15) is 0 Å². The molecule has 0 fully saturated rings. The summed E-state index contributed by atoms with van der Waals surface area (Å²) >= 11 is 0. The minimum atomic E-state index is -1.04. The van der Waals surface area contributed by atoms with E-state index in [1.54, 1.807) is 25.3 Å². The van der Waals surface area contributed by atoms with Crippen molar-refractivity contribution in [2.24, 2.45) is 5.92 Å². The summed E-state index contributed by atoms with van der Waals surface area (Å²) in [6.07, 6.45) is 2.22. The topological polar surface area (TPSA) is 92.7 Å². The first kappa shape index (κ1) is 28.1. The van der Waals surface area contributed by atoms with Gasteiger partial charge in [0.25, 0.3) is 0 Å². The van der Waals surface area contributed by atoms with Crippen LogP contribution in [0.2, 0.25) is 0 Å². The Morgan fingerprint density at radius 3 is 2.23 bits per heavy atom. The van der Waals surface area contributed by atoms with Crippen LogP contribution in [0.3, 0.4) is 0 Å². The van der Waals surface area contributed by atoms with E-state index in [1.807, 2.05) is 39.8 Å². The fourth-order valence-corrected chi connectivity index (χ4v) is 4.34. The third-order valence-corrected chi connectivity index (χ3v) is 6.01. The highest BCUT2D eigenvalue weighted by Crippen LogP contribution is 2.36. The largest absolute Gasteiger partial charge is 0.496 e. The predicted molar refractivity (Wildman–Crippen MR) is 140 cm³/mol. The lowest BCUT2D eigenvalue weighted by Gasteiger charge is -2.25. The van der Waals surface area contributed by atoms with Crippen LogP contribution in [0.1, 0.15) is 105 Å². The lowest BCUT2D eigenvalue weighted by atomic mass is 9.84. The molecule has 1 unspecified atom stereocenters. The molecule has 35 heavy (non-hydrogen) atoms. The summed E-state index contributed by atoms with van der Waals surface area (Å²) in [6, 6.07) is 10.3. The molecule has 0 radical (unpaired) electrons. The van der Waals surface area contributed by atoms with Crippen LogP contribution >= 0.6 is 0 Å². The number of hydrogen-bond acceptors (Lipinski definition) is 4. The normalized spacial score (nSPS) is 12.3. The SMILES string of the molecule is CCCC(=O)c1ccc(C(CC(=O)Nc2cc(C(=O)O)ccc2C(C)(C)C)CC(C)C)c(OC)c1. The van der Waals surface area contributed by atoms with E-state index >= 15 is 0 Å². The van der Waals surface area contributed by atoms with Gasteiger partial charge in [0, 0.05) is 24.1 Å². The summed E-state index contributed by atoms with van der Waals surface area (Å²) in [5.41, 5.74) is 2.73. The van der Waals surface area contributed by atoms with Gasteiger partial charge in [0.2, 0.25) is 5.91 Å². The van der Waals surface area contributed by atoms with Crippen LogP contribution in [0.15, 0.2) is 36.4 Å². The van der Waals surface area contributed by atoms with Crippen molar-refractivity contribution >= 4 is 23.3 Å². The Hall–Kier alpha value is -3.15. The second kappa shape index (κ2) is 12.0. The van der Waals surface area contributed by atoms with Gasteiger partial charge in [0.15, 0.2) is 5.78 Å². The first-order valence-electron chi connectivity index (χ1n) is 12.3. The molecule has 6 heteroatoms. The first-order chi connectivity index (χ1) is 16.4. The average molecular weight is 482 g/mol. The fraction of sp³-hybridized carbons (Fsp3) is 0.483. The van der Waals surface area contributed by atoms with Gasteiger partial charge in [-0.15, -0.1) is 0 Å². The minimum Gasteiger partial charge on any atom is -0.496 e. The van der Waals surface area contributed by atoms with Gasteiger partial charge in [0.05, 0.1) is 12.7 Å². The van der Waals surface area contributed by atoms with Crippen molar-refractivity contribution in [2.75, 3.05) is 12.4 Å². The maximum atomic E-state index is 13.2. The highest BCUT2D eigenvalue weighted by Gasteiger charge is 2.25. The maximum Gasteiger partial charge on any atom is 0.335 e. The molecule has 0 aliphatic rings. The first-order valence-corrected chi connectivity index (χ1v) is 12.3. The highest BCUT2D eigenvalue weighted by atomic mass is 16.5. The van der Waals surface area contributed by atoms with E-state index in [0.717, 1.165) is 24.0 Å². The van der Waals surface area contributed by atoms with E-state index in [4.69, 9.17) is 4.74 Å². The second-order valence-corrected chi connectivity index (χ2v) is 10.5. The number of aromatic carboxylic acids is 1. The van der Waals surface area contributed by atoms with Crippen LogP contribution in [0, 0.1) is 5.92 Å². The number of ether oxygens (including phenoxy) is 1. The molecule has 0 aliphatic heterocycles. The molecule has 0 heterocycles. The van der Waals surface area contributed by atoms with Gasteiger partial charge in [0.1, 0.15) is 5.75 Å². The molecular weight excluding hydrogens is 442 g/mol. The number of hydrogen-bond donors (Lipinski definition) is 2. The van der Waals surface area contributed by atoms with E-state index in [1.165, 1.54) is 6.07 Å². The molecule has 2 aromatic rings. The zero-order chi connectivity index (χ0) is 26.3. The number of carboxylic acid groups (broad SMARTS) is 1. The Balaban J connectivity index is 2.38. The van der Waals surface area contributed by atoms with Gasteiger partial charge < -0.3 is 15.2 Å². The molecule has 2 N–H and O–H groups in total. The van der Waals surface area contributed by atoms with Gasteiger partial charge in [-0.05, 0) is 59.4 Å². The molecule has 0 aliphatic carbocycles. The molecule has 0 saturated carbocycles. The number of nitrogens with one attached hydrogen (secondary N) is 1. The molecule has 0 spiro atoms. The van der Waals surface area contributed by atoms with Crippen molar-refractivity contribution in [3.05, 3.63) is 58.7 Å². The lowest BCUT2D eigenvalue weighted by Crippen LogP contribution is -2.21. The number of anilines is 1. The van der Waals surface area contributed by atoms with E-state index in [0.29, 0.717) is 29.3 Å². The molecule has 2 aromatic carbocycles. The van der Waals surface area contributed by atoms with Crippen molar-refractivity contribution < 1.29 is 24.2 Å². The summed E-state index contributed by atoms with van der Waals surface area (Å²) in [7, 11) is 1.58. The standard InChI is InChI=1S/C29H39NO5/c1-8-9-25(31)19-10-12-22(26(16-19)35-7)21(14-18(2)3)17-27(32)30-24-15-20(28(33)34)11-13-23(24)29(4,5)6/h10-13,15-16,18,21H,8-9,14,17H2,1-7H3,(H,30,32)(H,33,34). The quantitative estimate of drug-likeness (QED) is 0.343. The van der Waals surface area contributed by atoms with Crippen LogP contribution in [-0.2, 0) is 10.2 Å². The number of amides is 1. The van der Waals surface area contributed by atoms with Crippen LogP contribution in [0.25, 0.3) is 0 Å². The Labute approximate surface area is 209 Å². The Kier molecular flexibility index (Phi) is 9.64. The summed E-state index contributed by atoms with van der Waals surface area (Å²) in [6.45, 7) is 12.2. The van der Waals surface area contributed by atoms with Crippen molar-refractivity contribution in [3.63, 3.8) is 0 Å². The van der Waals surface area contributed by atoms with Gasteiger partial charge in [-0.1, -0.05) is 59.7 Å². The summed E-state index contributed by atoms with van der Waals surface area (Å²) in [4.78, 5) is 37.1. The van der Waals surface area contributed by atoms with Crippen LogP contribution in [0.5, 0.6) is 5.75 Å². The summed E-state index contributed by atoms with van der Waals surface area (Å²) in [5.74, 6) is -0.351. The zero-order valence-electron chi connectivity index (χ0n) is 22.0. The molecule has 0 aromatic heterocycles. The van der Waals surface area contributed by atoms with E-state index in [9.17, 15) is 19.5 Å². The maximum absolute atomic E-state index is 13.2. The number of benzene rings is 2. The molecule has 1 amide bonds. The van der Waals surface area contributed by atoms with Crippen molar-refractivity contribution in [2.45, 2.75) is 78.6 Å². The molecular formula is C29H39NO5. The Morgan fingerprint density at radius 2 is 1.69 bits per heavy atom. The second-order valence-electron chi connectivity index (χ2n) is 10.5. The number of carbonyl (C=O) groups is 3. The number of Topliss-reactive ketones (excluding diaryl/α,β-unsaturated/α-hetero) is 1. The average Bonchev–Trinajstić information content (AvgIpc) is 2.77. The number of ketones is 1. The van der Waals surface area contributed by atoms with E-state index in [2.05, 4.69) is 19.2 Å². The Bertz CT molecular complexity index is 1070. The number of rotatable bonds is 11. The zero-order valence-corrected chi connectivity index (χ0v) is 22.0. The van der Waals surface area contributed by atoms with E-state index in [-0.39, 0.29) is 35.0 Å². The molecule has 6 nitrogen and oxygen atoms in total. The number of carbonyl (C=O) groups excluding carboxylic acids is 2. The fourth-order valence-electron chi connectivity index (χ4n) is 4.34. The van der Waals surface area contributed by atoms with Crippen LogP contribution in [-0.4, -0.2) is 29.9 Å². The smallest absolute Gasteiger partial charge is 0.335 e. The molecule has 0 bridgehead atoms. The van der Waals surface area contributed by atoms with Gasteiger partial charge in [-0.3, -0.25) is 9.59 Å². The summed E-state index contributed by atoms with van der Waals surface area (Å²) < 4.78 is 5.63. The van der Waals surface area contributed by atoms with Gasteiger partial charge >= 0.3 is 5.97 Å². The lowest BCUT2D eigenvalue weighted by molar-refractivity contribution is -0.116. The van der Waals surface area contributed by atoms with Gasteiger partial charge in [-0.25, -0.2) is 4.79 Å². The van der Waals surface area contributed by atoms with Crippen molar-refractivity contribution in [1.29, 1.82) is 0 Å². The predicted octanol–water partition coefficient (Wildman–Crippen LogP) is 6.83. The molecule has 1 atom stereocenters. The molecule has 0 saturated heterocycles. The monoisotopic (exact) mass is 481 g/mol. The van der Waals surface area contributed by atoms with Crippen LogP contribution in [0.4, 0.5) is 5.69 Å². The summed E-state index contributed by atoms with van der Waals surface area (Å²) in [5, 5.41) is 12.4. The van der Waals surface area contributed by atoms with Crippen LogP contribution < -0.4 is 10.1 Å². The minimum absolute atomic E-state index is 0.0727. The molecule has 2 rings (SSSR count). The van der Waals surface area contributed by atoms with Crippen molar-refractivity contribution in [3.8, 4) is 5.75 Å². The Morgan fingerprint density at radius 1 is 1.03 bits per heavy atom. The number of methoxy groups -OCH3 is 1. The number of carboxylic acids is 1. The highest BCUT2D eigenvalue weighted by molar-refractivity contribution is 5.97.